The Balaban J connectivity index is 1.44. The van der Waals surface area contributed by atoms with Crippen molar-refractivity contribution in [1.29, 1.82) is 0 Å². The van der Waals surface area contributed by atoms with E-state index in [2.05, 4.69) is 25.7 Å². The molecule has 1 saturated heterocycles. The lowest BCUT2D eigenvalue weighted by molar-refractivity contribution is -0.127. The van der Waals surface area contributed by atoms with E-state index in [1.54, 1.807) is 6.26 Å². The molecule has 0 radical (unpaired) electrons. The third-order valence-corrected chi connectivity index (χ3v) is 7.83. The molecule has 1 aliphatic carbocycles. The summed E-state index contributed by atoms with van der Waals surface area (Å²) in [5, 5.41) is 14.1. The van der Waals surface area contributed by atoms with Crippen molar-refractivity contribution >= 4 is 29.4 Å². The molecule has 2 N–H and O–H groups in total. The largest absolute Gasteiger partial charge is 0.408 e. The maximum atomic E-state index is 13.5. The Labute approximate surface area is 234 Å². The number of hydrogen-bond donors (Lipinski definition) is 2. The molecule has 1 aromatic carbocycles. The van der Waals surface area contributed by atoms with Gasteiger partial charge >= 0.3 is 0 Å². The summed E-state index contributed by atoms with van der Waals surface area (Å²) in [4.78, 5) is 42.5. The first-order valence-corrected chi connectivity index (χ1v) is 15.0. The van der Waals surface area contributed by atoms with Crippen molar-refractivity contribution in [3.8, 4) is 0 Å². The van der Waals surface area contributed by atoms with E-state index >= 15 is 0 Å². The lowest BCUT2D eigenvalue weighted by Crippen LogP contribution is -2.52. The summed E-state index contributed by atoms with van der Waals surface area (Å²) in [6.45, 7) is 7.71. The highest BCUT2D eigenvalue weighted by Gasteiger charge is 2.36. The Morgan fingerprint density at radius 3 is 2.56 bits per heavy atom. The van der Waals surface area contributed by atoms with E-state index in [-0.39, 0.29) is 29.7 Å². The van der Waals surface area contributed by atoms with E-state index in [0.29, 0.717) is 49.8 Å². The van der Waals surface area contributed by atoms with Crippen LogP contribution in [-0.2, 0) is 16.1 Å². The van der Waals surface area contributed by atoms with Gasteiger partial charge in [-0.15, -0.1) is 10.2 Å². The maximum Gasteiger partial charge on any atom is 0.286 e. The minimum atomic E-state index is -0.778. The van der Waals surface area contributed by atoms with Gasteiger partial charge in [-0.05, 0) is 43.1 Å². The molecule has 1 aliphatic heterocycles. The van der Waals surface area contributed by atoms with Crippen molar-refractivity contribution in [3.05, 3.63) is 41.3 Å². The molecule has 2 amide bonds. The van der Waals surface area contributed by atoms with Gasteiger partial charge in [0.25, 0.3) is 17.0 Å². The van der Waals surface area contributed by atoms with Gasteiger partial charge in [-0.25, -0.2) is 0 Å². The van der Waals surface area contributed by atoms with Crippen molar-refractivity contribution in [3.63, 3.8) is 0 Å². The first-order valence-electron chi connectivity index (χ1n) is 13.8. The second kappa shape index (κ2) is 14.0. The standard InChI is InChI=1S/C28H39N5O5S/c1-18(2)16-23(24(34)27-31-32-28(38-27)39-3)30-26(36)21-10-6-7-11-22(21)29-25(35)20-9-5-4-8-19(20)17-33-12-14-37-15-13-33/h4-5,8-9,18,21-23H,6-7,10-17H2,1-3H3,(H,29,35)(H,30,36)/t21-,22+,23+/m1/s1. The molecule has 0 bridgehead atoms. The Hall–Kier alpha value is -2.76. The number of nitrogens with zero attached hydrogens (tertiary/aromatic N) is 3. The third-order valence-electron chi connectivity index (χ3n) is 7.31. The molecule has 212 valence electrons. The lowest BCUT2D eigenvalue weighted by atomic mass is 9.83. The summed E-state index contributed by atoms with van der Waals surface area (Å²) < 4.78 is 10.9. The fourth-order valence-corrected chi connectivity index (χ4v) is 5.55. The predicted molar refractivity (Wildman–Crippen MR) is 148 cm³/mol. The van der Waals surface area contributed by atoms with Crippen LogP contribution in [0.1, 0.15) is 72.6 Å². The molecule has 39 heavy (non-hydrogen) atoms. The smallest absolute Gasteiger partial charge is 0.286 e. The van der Waals surface area contributed by atoms with Crippen LogP contribution in [0.3, 0.4) is 0 Å². The zero-order chi connectivity index (χ0) is 27.8. The van der Waals surface area contributed by atoms with E-state index in [4.69, 9.17) is 9.15 Å². The van der Waals surface area contributed by atoms with Crippen LogP contribution in [0.5, 0.6) is 0 Å². The number of carbonyl (C=O) groups is 3. The van der Waals surface area contributed by atoms with Crippen molar-refractivity contribution in [2.75, 3.05) is 32.6 Å². The molecule has 4 rings (SSSR count). The van der Waals surface area contributed by atoms with Gasteiger partial charge in [-0.3, -0.25) is 19.3 Å². The number of ether oxygens (including phenoxy) is 1. The average molecular weight is 558 g/mol. The number of benzene rings is 1. The molecule has 2 aromatic rings. The first-order chi connectivity index (χ1) is 18.9. The second-order valence-corrected chi connectivity index (χ2v) is 11.4. The van der Waals surface area contributed by atoms with E-state index in [0.717, 1.165) is 31.5 Å². The van der Waals surface area contributed by atoms with Crippen LogP contribution in [0.25, 0.3) is 0 Å². The number of carbonyl (C=O) groups excluding carboxylic acids is 3. The number of ketones is 1. The highest BCUT2D eigenvalue weighted by Crippen LogP contribution is 2.26. The van der Waals surface area contributed by atoms with E-state index in [1.807, 2.05) is 38.1 Å². The molecule has 3 atom stereocenters. The van der Waals surface area contributed by atoms with E-state index in [9.17, 15) is 14.4 Å². The van der Waals surface area contributed by atoms with E-state index < -0.39 is 17.7 Å². The Morgan fingerprint density at radius 1 is 1.10 bits per heavy atom. The van der Waals surface area contributed by atoms with Crippen LogP contribution >= 0.6 is 11.8 Å². The van der Waals surface area contributed by atoms with Gasteiger partial charge in [-0.2, -0.15) is 0 Å². The molecular formula is C28H39N5O5S. The summed E-state index contributed by atoms with van der Waals surface area (Å²) in [6, 6.07) is 6.54. The van der Waals surface area contributed by atoms with Crippen molar-refractivity contribution < 1.29 is 23.5 Å². The van der Waals surface area contributed by atoms with Crippen LogP contribution in [0.2, 0.25) is 0 Å². The number of hydrogen-bond acceptors (Lipinski definition) is 9. The maximum absolute atomic E-state index is 13.5. The highest BCUT2D eigenvalue weighted by molar-refractivity contribution is 7.98. The summed E-state index contributed by atoms with van der Waals surface area (Å²) in [7, 11) is 0. The molecule has 10 nitrogen and oxygen atoms in total. The lowest BCUT2D eigenvalue weighted by Gasteiger charge is -2.33. The molecule has 11 heteroatoms. The minimum Gasteiger partial charge on any atom is -0.408 e. The molecule has 2 heterocycles. The van der Waals surface area contributed by atoms with Gasteiger partial charge in [0, 0.05) is 31.2 Å². The van der Waals surface area contributed by atoms with Crippen molar-refractivity contribution in [1.82, 2.24) is 25.7 Å². The van der Waals surface area contributed by atoms with Crippen LogP contribution in [0.15, 0.2) is 33.9 Å². The monoisotopic (exact) mass is 557 g/mol. The number of thioether (sulfide) groups is 1. The summed E-state index contributed by atoms with van der Waals surface area (Å²) in [5.74, 6) is -1.17. The Bertz CT molecular complexity index is 1130. The quantitative estimate of drug-likeness (QED) is 0.316. The summed E-state index contributed by atoms with van der Waals surface area (Å²) in [6.07, 6.45) is 5.40. The number of morpholine rings is 1. The van der Waals surface area contributed by atoms with Gasteiger partial charge in [0.15, 0.2) is 0 Å². The predicted octanol–water partition coefficient (Wildman–Crippen LogP) is 3.33. The van der Waals surface area contributed by atoms with Crippen molar-refractivity contribution in [2.24, 2.45) is 11.8 Å². The fourth-order valence-electron chi connectivity index (χ4n) is 5.27. The zero-order valence-electron chi connectivity index (χ0n) is 23.0. The van der Waals surface area contributed by atoms with Crippen LogP contribution < -0.4 is 10.6 Å². The SMILES string of the molecule is CSc1nnc(C(=O)[C@H](CC(C)C)NC(=O)[C@@H]2CCCC[C@@H]2NC(=O)c2ccccc2CN2CCOCC2)o1. The summed E-state index contributed by atoms with van der Waals surface area (Å²) >= 11 is 1.26. The zero-order valence-corrected chi connectivity index (χ0v) is 23.8. The Kier molecular flexibility index (Phi) is 10.5. The number of amides is 2. The van der Waals surface area contributed by atoms with E-state index in [1.165, 1.54) is 11.8 Å². The number of aromatic nitrogens is 2. The van der Waals surface area contributed by atoms with Gasteiger partial charge in [0.2, 0.25) is 11.7 Å². The average Bonchev–Trinajstić information content (AvgIpc) is 3.42. The Morgan fingerprint density at radius 2 is 1.85 bits per heavy atom. The number of rotatable bonds is 11. The molecule has 1 aromatic heterocycles. The topological polar surface area (TPSA) is 127 Å². The number of nitrogens with one attached hydrogen (secondary N) is 2. The minimum absolute atomic E-state index is 0.101. The van der Waals surface area contributed by atoms with Gasteiger partial charge in [0.05, 0.1) is 25.2 Å². The molecule has 2 fully saturated rings. The fraction of sp³-hybridized carbons (Fsp3) is 0.607. The van der Waals surface area contributed by atoms with Crippen LogP contribution in [0, 0.1) is 11.8 Å². The van der Waals surface area contributed by atoms with Gasteiger partial charge in [0.1, 0.15) is 0 Å². The molecule has 0 spiro atoms. The van der Waals surface area contributed by atoms with Crippen LogP contribution in [-0.4, -0.2) is 77.3 Å². The van der Waals surface area contributed by atoms with Crippen molar-refractivity contribution in [2.45, 2.75) is 69.8 Å². The molecular weight excluding hydrogens is 518 g/mol. The van der Waals surface area contributed by atoms with Gasteiger partial charge in [-0.1, -0.05) is 56.7 Å². The van der Waals surface area contributed by atoms with Crippen LogP contribution in [0.4, 0.5) is 0 Å². The molecule has 0 unspecified atom stereocenters. The van der Waals surface area contributed by atoms with Gasteiger partial charge < -0.3 is 19.8 Å². The third kappa shape index (κ3) is 7.89. The first kappa shape index (κ1) is 29.2. The second-order valence-electron chi connectivity index (χ2n) is 10.6. The summed E-state index contributed by atoms with van der Waals surface area (Å²) in [5.41, 5.74) is 1.59. The number of Topliss-reactive ketones (excluding diaryl/α,β-unsaturated/α-hetero) is 1. The normalized spacial score (nSPS) is 20.9. The molecule has 1 saturated carbocycles. The molecule has 2 aliphatic rings. The highest BCUT2D eigenvalue weighted by atomic mass is 32.2.